The molecule has 0 amide bonds. The number of aliphatic hydroxyl groups excluding tert-OH is 1. The molecule has 0 spiro atoms. The number of aliphatic hydroxyl groups is 1. The molecular formula is C29H33F3N6O4. The Morgan fingerprint density at radius 1 is 1.17 bits per heavy atom. The zero-order valence-corrected chi connectivity index (χ0v) is 22.8. The minimum Gasteiger partial charge on any atom is -0.480 e. The molecule has 2 aromatic rings. The standard InChI is InChI=1S/C29H33F3N6O4/c30-29(31,32)42-23-4-2-1-3-17(23)12-34-27-35-13-20(11-33)25(37-27)36-15-28-8-16-5-18(9-28)24(19(6-16)10-28)38-14-21(39)7-22(38)26(40)41/h1-4,13,16,18-19,21-22,24,39H,5-10,12,14-15H2,(H,40,41)(H2,34,35,36,37)/t16?,18-,19+,21-,22-,24?,28?/m1/s1. The van der Waals surface area contributed by atoms with Crippen molar-refractivity contribution in [2.45, 2.75) is 69.6 Å². The maximum atomic E-state index is 12.8. The van der Waals surface area contributed by atoms with Crippen LogP contribution < -0.4 is 15.4 Å². The van der Waals surface area contributed by atoms with Gasteiger partial charge in [0, 0.05) is 37.7 Å². The molecule has 7 rings (SSSR count). The summed E-state index contributed by atoms with van der Waals surface area (Å²) in [5.41, 5.74) is 0.527. The average molecular weight is 587 g/mol. The van der Waals surface area contributed by atoms with Gasteiger partial charge in [-0.25, -0.2) is 4.98 Å². The molecular weight excluding hydrogens is 553 g/mol. The first kappa shape index (κ1) is 28.5. The van der Waals surface area contributed by atoms with Gasteiger partial charge in [0.05, 0.1) is 12.3 Å². The van der Waals surface area contributed by atoms with E-state index in [1.54, 1.807) is 6.07 Å². The minimum absolute atomic E-state index is 0.0107. The second kappa shape index (κ2) is 10.9. The molecule has 4 N–H and O–H groups in total. The Kier molecular flexibility index (Phi) is 7.39. The Labute approximate surface area is 240 Å². The van der Waals surface area contributed by atoms with E-state index in [9.17, 15) is 33.4 Å². The number of aliphatic carboxylic acids is 1. The van der Waals surface area contributed by atoms with Gasteiger partial charge in [0.1, 0.15) is 29.2 Å². The van der Waals surface area contributed by atoms with Crippen LogP contribution in [-0.2, 0) is 11.3 Å². The molecule has 3 unspecified atom stereocenters. The molecule has 5 aliphatic rings. The van der Waals surface area contributed by atoms with Gasteiger partial charge in [0.2, 0.25) is 5.95 Å². The van der Waals surface area contributed by atoms with Gasteiger partial charge < -0.3 is 25.6 Å². The normalized spacial score (nSPS) is 32.0. The van der Waals surface area contributed by atoms with Crippen LogP contribution in [-0.4, -0.2) is 68.7 Å². The van der Waals surface area contributed by atoms with Gasteiger partial charge in [-0.05, 0) is 61.3 Å². The lowest BCUT2D eigenvalue weighted by atomic mass is 9.47. The third-order valence-corrected chi connectivity index (χ3v) is 9.51. The number of β-amino-alcohol motifs (C(OH)–C–C–N with tert-alkyl or cyclic N) is 1. The number of ether oxygens (including phenoxy) is 1. The zero-order chi connectivity index (χ0) is 29.6. The van der Waals surface area contributed by atoms with Gasteiger partial charge in [-0.15, -0.1) is 13.2 Å². The molecule has 2 heterocycles. The van der Waals surface area contributed by atoms with Crippen LogP contribution in [0.4, 0.5) is 24.9 Å². The molecule has 0 radical (unpaired) electrons. The van der Waals surface area contributed by atoms with E-state index in [0.29, 0.717) is 36.7 Å². The van der Waals surface area contributed by atoms with E-state index < -0.39 is 24.5 Å². The van der Waals surface area contributed by atoms with Crippen LogP contribution in [0.2, 0.25) is 0 Å². The van der Waals surface area contributed by atoms with Crippen molar-refractivity contribution in [2.24, 2.45) is 23.2 Å². The third-order valence-electron chi connectivity index (χ3n) is 9.51. The second-order valence-corrected chi connectivity index (χ2v) is 12.3. The summed E-state index contributed by atoms with van der Waals surface area (Å²) < 4.78 is 42.5. The topological polar surface area (TPSA) is 144 Å². The molecule has 4 aliphatic carbocycles. The smallest absolute Gasteiger partial charge is 0.480 e. The number of benzene rings is 1. The van der Waals surface area contributed by atoms with E-state index in [-0.39, 0.29) is 47.2 Å². The fourth-order valence-electron chi connectivity index (χ4n) is 8.34. The number of rotatable bonds is 9. The van der Waals surface area contributed by atoms with Crippen molar-refractivity contribution >= 4 is 17.7 Å². The van der Waals surface area contributed by atoms with Crippen LogP contribution in [0, 0.1) is 34.5 Å². The van der Waals surface area contributed by atoms with Crippen LogP contribution in [0.1, 0.15) is 49.7 Å². The lowest BCUT2D eigenvalue weighted by molar-refractivity contribution is -0.274. The van der Waals surface area contributed by atoms with E-state index in [0.717, 1.165) is 32.1 Å². The largest absolute Gasteiger partial charge is 0.573 e. The minimum atomic E-state index is -4.82. The van der Waals surface area contributed by atoms with Crippen LogP contribution in [0.15, 0.2) is 30.5 Å². The van der Waals surface area contributed by atoms with Gasteiger partial charge in [-0.2, -0.15) is 10.2 Å². The number of nitrogens with zero attached hydrogens (tertiary/aromatic N) is 4. The maximum absolute atomic E-state index is 12.8. The molecule has 1 aromatic heterocycles. The number of nitrogens with one attached hydrogen (secondary N) is 2. The van der Waals surface area contributed by atoms with Crippen LogP contribution >= 0.6 is 0 Å². The Morgan fingerprint density at radius 2 is 1.90 bits per heavy atom. The molecule has 4 saturated carbocycles. The first-order valence-corrected chi connectivity index (χ1v) is 14.3. The molecule has 13 heteroatoms. The molecule has 42 heavy (non-hydrogen) atoms. The average Bonchev–Trinajstić information content (AvgIpc) is 3.31. The lowest BCUT2D eigenvalue weighted by Gasteiger charge is -2.62. The van der Waals surface area contributed by atoms with E-state index in [1.807, 2.05) is 0 Å². The predicted molar refractivity (Wildman–Crippen MR) is 144 cm³/mol. The zero-order valence-electron chi connectivity index (χ0n) is 22.8. The summed E-state index contributed by atoms with van der Waals surface area (Å²) in [7, 11) is 0. The Balaban J connectivity index is 1.14. The number of carbonyl (C=O) groups is 1. The molecule has 7 atom stereocenters. The lowest BCUT2D eigenvalue weighted by Crippen LogP contribution is -2.62. The van der Waals surface area contributed by atoms with Gasteiger partial charge >= 0.3 is 12.3 Å². The Bertz CT molecular complexity index is 1370. The monoisotopic (exact) mass is 586 g/mol. The number of nitriles is 1. The second-order valence-electron chi connectivity index (χ2n) is 12.3. The highest BCUT2D eigenvalue weighted by Crippen LogP contribution is 2.61. The van der Waals surface area contributed by atoms with Crippen LogP contribution in [0.5, 0.6) is 5.75 Å². The third kappa shape index (κ3) is 5.70. The number of likely N-dealkylation sites (tertiary alicyclic amines) is 1. The van der Waals surface area contributed by atoms with E-state index in [2.05, 4.69) is 36.3 Å². The van der Waals surface area contributed by atoms with Gasteiger partial charge in [0.25, 0.3) is 0 Å². The molecule has 4 bridgehead atoms. The molecule has 1 aromatic carbocycles. The Morgan fingerprint density at radius 3 is 2.60 bits per heavy atom. The van der Waals surface area contributed by atoms with Crippen molar-refractivity contribution in [3.8, 4) is 11.8 Å². The number of alkyl halides is 3. The van der Waals surface area contributed by atoms with Crippen molar-refractivity contribution in [1.29, 1.82) is 5.26 Å². The van der Waals surface area contributed by atoms with Crippen molar-refractivity contribution in [3.05, 3.63) is 41.6 Å². The summed E-state index contributed by atoms with van der Waals surface area (Å²) >= 11 is 0. The first-order valence-electron chi connectivity index (χ1n) is 14.3. The summed E-state index contributed by atoms with van der Waals surface area (Å²) in [6, 6.07) is 7.43. The molecule has 10 nitrogen and oxygen atoms in total. The van der Waals surface area contributed by atoms with Gasteiger partial charge in [-0.3, -0.25) is 9.69 Å². The number of anilines is 2. The number of aromatic nitrogens is 2. The van der Waals surface area contributed by atoms with E-state index in [1.165, 1.54) is 24.4 Å². The SMILES string of the molecule is N#Cc1cnc(NCc2ccccc2OC(F)(F)F)nc1NCC12CC3C[C@H](C1)C(N1C[C@H](O)C[C@@H]1C(=O)O)[C@@H](C3)C2. The predicted octanol–water partition coefficient (Wildman–Crippen LogP) is 3.99. The summed E-state index contributed by atoms with van der Waals surface area (Å²) in [6.07, 6.45) is 1.27. The fraction of sp³-hybridized carbons (Fsp3) is 0.586. The highest BCUT2D eigenvalue weighted by atomic mass is 19.4. The summed E-state index contributed by atoms with van der Waals surface area (Å²) in [5, 5.41) is 36.1. The van der Waals surface area contributed by atoms with Crippen LogP contribution in [0.3, 0.4) is 0 Å². The number of hydrogen-bond donors (Lipinski definition) is 4. The summed E-state index contributed by atoms with van der Waals surface area (Å²) in [4.78, 5) is 22.6. The number of carboxylic acid groups (broad SMARTS) is 1. The highest BCUT2D eigenvalue weighted by Gasteiger charge is 2.58. The number of hydrogen-bond acceptors (Lipinski definition) is 9. The maximum Gasteiger partial charge on any atom is 0.573 e. The Hall–Kier alpha value is -3.63. The van der Waals surface area contributed by atoms with Crippen molar-refractivity contribution in [3.63, 3.8) is 0 Å². The summed E-state index contributed by atoms with van der Waals surface area (Å²) in [6.45, 7) is 0.984. The van der Waals surface area contributed by atoms with Crippen molar-refractivity contribution < 1.29 is 32.9 Å². The molecule has 1 saturated heterocycles. The first-order chi connectivity index (χ1) is 20.0. The number of para-hydroxylation sites is 1. The number of halogens is 3. The molecule has 1 aliphatic heterocycles. The molecule has 5 fully saturated rings. The van der Waals surface area contributed by atoms with Crippen molar-refractivity contribution in [1.82, 2.24) is 14.9 Å². The van der Waals surface area contributed by atoms with E-state index in [4.69, 9.17) is 0 Å². The van der Waals surface area contributed by atoms with Crippen molar-refractivity contribution in [2.75, 3.05) is 23.7 Å². The molecule has 224 valence electrons. The van der Waals surface area contributed by atoms with Gasteiger partial charge in [0.15, 0.2) is 0 Å². The highest BCUT2D eigenvalue weighted by molar-refractivity contribution is 5.74. The number of carboxylic acids is 1. The fourth-order valence-corrected chi connectivity index (χ4v) is 8.34. The quantitative estimate of drug-likeness (QED) is 0.341. The van der Waals surface area contributed by atoms with Crippen LogP contribution in [0.25, 0.3) is 0 Å². The summed E-state index contributed by atoms with van der Waals surface area (Å²) in [5.74, 6) is 0.595. The van der Waals surface area contributed by atoms with Gasteiger partial charge in [-0.1, -0.05) is 18.2 Å². The van der Waals surface area contributed by atoms with E-state index >= 15 is 0 Å².